The highest BCUT2D eigenvalue weighted by Gasteiger charge is 2.15. The van der Waals surface area contributed by atoms with E-state index in [0.717, 1.165) is 16.9 Å². The van der Waals surface area contributed by atoms with E-state index in [9.17, 15) is 0 Å². The number of pyridine rings is 1. The second-order valence-corrected chi connectivity index (χ2v) is 4.73. The van der Waals surface area contributed by atoms with E-state index in [2.05, 4.69) is 53.5 Å². The van der Waals surface area contributed by atoms with E-state index in [0.29, 0.717) is 5.56 Å². The fourth-order valence-corrected chi connectivity index (χ4v) is 2.33. The number of nitriles is 1. The monoisotopic (exact) mass is 248 g/mol. The standard InChI is InChI=1S/C16H14N3/c1-12-3-8-16-18(2)15(11-19(16)10-12)14-6-4-13(9-17)5-7-14/h3-8,10-11H,1-2H3/q+1. The number of hydrogen-bond donors (Lipinski definition) is 0. The van der Waals surface area contributed by atoms with E-state index >= 15 is 0 Å². The molecule has 0 saturated heterocycles. The van der Waals surface area contributed by atoms with Crippen LogP contribution in [0.5, 0.6) is 0 Å². The molecule has 2 heterocycles. The summed E-state index contributed by atoms with van der Waals surface area (Å²) in [6.07, 6.45) is 4.23. The highest BCUT2D eigenvalue weighted by Crippen LogP contribution is 2.20. The first-order valence-corrected chi connectivity index (χ1v) is 6.17. The summed E-state index contributed by atoms with van der Waals surface area (Å²) in [7, 11) is 2.05. The lowest BCUT2D eigenvalue weighted by molar-refractivity contribution is -0.510. The number of imidazole rings is 1. The fourth-order valence-electron chi connectivity index (χ4n) is 2.33. The Morgan fingerprint density at radius 1 is 1.05 bits per heavy atom. The zero-order chi connectivity index (χ0) is 13.4. The van der Waals surface area contributed by atoms with Gasteiger partial charge in [0.1, 0.15) is 6.20 Å². The molecule has 0 saturated carbocycles. The summed E-state index contributed by atoms with van der Waals surface area (Å²) in [5.41, 5.74) is 5.31. The van der Waals surface area contributed by atoms with Crippen LogP contribution in [0, 0.1) is 18.3 Å². The number of aromatic nitrogens is 2. The van der Waals surface area contributed by atoms with Crippen LogP contribution in [0.1, 0.15) is 11.1 Å². The van der Waals surface area contributed by atoms with Crippen molar-refractivity contribution in [1.29, 1.82) is 5.26 Å². The third kappa shape index (κ3) is 1.88. The van der Waals surface area contributed by atoms with Gasteiger partial charge in [0.05, 0.1) is 24.9 Å². The van der Waals surface area contributed by atoms with Gasteiger partial charge in [-0.05, 0) is 42.8 Å². The molecular weight excluding hydrogens is 234 g/mol. The van der Waals surface area contributed by atoms with Crippen molar-refractivity contribution in [3.63, 3.8) is 0 Å². The van der Waals surface area contributed by atoms with E-state index < -0.39 is 0 Å². The zero-order valence-corrected chi connectivity index (χ0v) is 11.0. The first-order valence-electron chi connectivity index (χ1n) is 6.17. The number of aryl methyl sites for hydroxylation is 2. The zero-order valence-electron chi connectivity index (χ0n) is 11.0. The highest BCUT2D eigenvalue weighted by molar-refractivity contribution is 5.62. The average molecular weight is 248 g/mol. The average Bonchev–Trinajstić information content (AvgIpc) is 2.75. The first-order chi connectivity index (χ1) is 9.19. The topological polar surface area (TPSA) is 32.8 Å². The van der Waals surface area contributed by atoms with Crippen LogP contribution in [-0.4, -0.2) is 4.57 Å². The second kappa shape index (κ2) is 4.25. The lowest BCUT2D eigenvalue weighted by Gasteiger charge is -1.97. The molecule has 1 aromatic carbocycles. The quantitative estimate of drug-likeness (QED) is 0.609. The number of nitrogens with zero attached hydrogens (tertiary/aromatic N) is 3. The van der Waals surface area contributed by atoms with Gasteiger partial charge in [0, 0.05) is 11.6 Å². The van der Waals surface area contributed by atoms with Gasteiger partial charge in [0.25, 0.3) is 5.65 Å². The molecule has 0 aliphatic carbocycles. The van der Waals surface area contributed by atoms with Gasteiger partial charge in [0.2, 0.25) is 0 Å². The van der Waals surface area contributed by atoms with Crippen molar-refractivity contribution in [3.05, 3.63) is 59.9 Å². The molecule has 0 aliphatic heterocycles. The molecule has 3 heteroatoms. The van der Waals surface area contributed by atoms with E-state index in [1.54, 1.807) is 0 Å². The predicted octanol–water partition coefficient (Wildman–Crippen LogP) is 2.61. The summed E-state index contributed by atoms with van der Waals surface area (Å²) in [5, 5.41) is 8.84. The largest absolute Gasteiger partial charge is 0.286 e. The molecule has 0 amide bonds. The van der Waals surface area contributed by atoms with Crippen molar-refractivity contribution in [1.82, 2.24) is 4.57 Å². The Balaban J connectivity index is 2.19. The molecule has 92 valence electrons. The van der Waals surface area contributed by atoms with E-state index in [-0.39, 0.29) is 0 Å². The smallest absolute Gasteiger partial charge is 0.226 e. The molecule has 2 aromatic heterocycles. The molecule has 0 atom stereocenters. The van der Waals surface area contributed by atoms with Crippen LogP contribution in [0.25, 0.3) is 16.9 Å². The maximum absolute atomic E-state index is 8.84. The Morgan fingerprint density at radius 2 is 1.79 bits per heavy atom. The lowest BCUT2D eigenvalue weighted by atomic mass is 10.1. The fraction of sp³-hybridized carbons (Fsp3) is 0.125. The van der Waals surface area contributed by atoms with Crippen molar-refractivity contribution < 1.29 is 4.40 Å². The molecule has 0 bridgehead atoms. The van der Waals surface area contributed by atoms with E-state index in [1.165, 1.54) is 5.56 Å². The summed E-state index contributed by atoms with van der Waals surface area (Å²) < 4.78 is 4.28. The molecule has 3 nitrogen and oxygen atoms in total. The number of fused-ring (bicyclic) bond motifs is 1. The van der Waals surface area contributed by atoms with Gasteiger partial charge in [-0.3, -0.25) is 0 Å². The summed E-state index contributed by atoms with van der Waals surface area (Å²) in [5.74, 6) is 0. The Labute approximate surface area is 112 Å². The molecular formula is C16H14N3+. The normalized spacial score (nSPS) is 10.6. The summed E-state index contributed by atoms with van der Waals surface area (Å²) >= 11 is 0. The molecule has 19 heavy (non-hydrogen) atoms. The van der Waals surface area contributed by atoms with Crippen molar-refractivity contribution in [2.75, 3.05) is 0 Å². The first kappa shape index (κ1) is 11.5. The van der Waals surface area contributed by atoms with Gasteiger partial charge in [-0.2, -0.15) is 5.26 Å². The van der Waals surface area contributed by atoms with Gasteiger partial charge in [-0.15, -0.1) is 0 Å². The Morgan fingerprint density at radius 3 is 2.47 bits per heavy atom. The van der Waals surface area contributed by atoms with Crippen LogP contribution >= 0.6 is 0 Å². The molecule has 3 aromatic rings. The lowest BCUT2D eigenvalue weighted by Crippen LogP contribution is -2.18. The summed E-state index contributed by atoms with van der Waals surface area (Å²) in [6, 6.07) is 14.0. The molecule has 0 N–H and O–H groups in total. The predicted molar refractivity (Wildman–Crippen MR) is 73.5 cm³/mol. The number of hydrogen-bond acceptors (Lipinski definition) is 1. The Kier molecular flexibility index (Phi) is 2.57. The molecule has 0 spiro atoms. The highest BCUT2D eigenvalue weighted by atomic mass is 15.1. The van der Waals surface area contributed by atoms with Crippen molar-refractivity contribution in [2.24, 2.45) is 7.05 Å². The SMILES string of the molecule is Cc1ccc2n(C)c(-c3ccc(C#N)cc3)c[n+]2c1. The van der Waals surface area contributed by atoms with Crippen LogP contribution in [0.4, 0.5) is 0 Å². The minimum atomic E-state index is 0.686. The van der Waals surface area contributed by atoms with Gasteiger partial charge in [-0.1, -0.05) is 0 Å². The molecule has 3 rings (SSSR count). The number of rotatable bonds is 1. The number of benzene rings is 1. The van der Waals surface area contributed by atoms with Crippen LogP contribution < -0.4 is 4.40 Å². The second-order valence-electron chi connectivity index (χ2n) is 4.73. The molecule has 0 fully saturated rings. The van der Waals surface area contributed by atoms with E-state index in [1.807, 2.05) is 24.3 Å². The van der Waals surface area contributed by atoms with Gasteiger partial charge in [0.15, 0.2) is 5.69 Å². The Hall–Kier alpha value is -2.60. The van der Waals surface area contributed by atoms with Crippen LogP contribution in [-0.2, 0) is 7.05 Å². The van der Waals surface area contributed by atoms with Gasteiger partial charge < -0.3 is 0 Å². The van der Waals surface area contributed by atoms with Crippen molar-refractivity contribution >= 4 is 5.65 Å². The van der Waals surface area contributed by atoms with Crippen LogP contribution in [0.15, 0.2) is 48.8 Å². The summed E-state index contributed by atoms with van der Waals surface area (Å²) in [4.78, 5) is 0. The molecule has 0 aliphatic rings. The van der Waals surface area contributed by atoms with Crippen LogP contribution in [0.2, 0.25) is 0 Å². The van der Waals surface area contributed by atoms with Crippen LogP contribution in [0.3, 0.4) is 0 Å². The van der Waals surface area contributed by atoms with Crippen molar-refractivity contribution in [2.45, 2.75) is 6.92 Å². The maximum Gasteiger partial charge on any atom is 0.286 e. The van der Waals surface area contributed by atoms with Gasteiger partial charge in [-0.25, -0.2) is 8.97 Å². The maximum atomic E-state index is 8.84. The Bertz CT molecular complexity index is 789. The minimum Gasteiger partial charge on any atom is -0.226 e. The van der Waals surface area contributed by atoms with Gasteiger partial charge >= 0.3 is 0 Å². The third-order valence-corrected chi connectivity index (χ3v) is 3.38. The van der Waals surface area contributed by atoms with E-state index in [4.69, 9.17) is 5.26 Å². The van der Waals surface area contributed by atoms with Crippen molar-refractivity contribution in [3.8, 4) is 17.3 Å². The minimum absolute atomic E-state index is 0.686. The molecule has 0 unspecified atom stereocenters. The summed E-state index contributed by atoms with van der Waals surface area (Å²) in [6.45, 7) is 2.08. The molecule has 0 radical (unpaired) electrons. The third-order valence-electron chi connectivity index (χ3n) is 3.38.